The summed E-state index contributed by atoms with van der Waals surface area (Å²) >= 11 is 0. The topological polar surface area (TPSA) is 49.8 Å². The molecule has 0 saturated heterocycles. The second-order valence-electron chi connectivity index (χ2n) is 5.54. The van der Waals surface area contributed by atoms with Gasteiger partial charge in [-0.2, -0.15) is 0 Å². The van der Waals surface area contributed by atoms with Gasteiger partial charge in [-0.05, 0) is 20.3 Å². The van der Waals surface area contributed by atoms with E-state index in [1.54, 1.807) is 0 Å². The van der Waals surface area contributed by atoms with Crippen LogP contribution in [-0.4, -0.2) is 23.1 Å². The quantitative estimate of drug-likeness (QED) is 0.587. The second kappa shape index (κ2) is 10.4. The molecule has 0 radical (unpaired) electrons. The van der Waals surface area contributed by atoms with Gasteiger partial charge in [0.2, 0.25) is 0 Å². The lowest BCUT2D eigenvalue weighted by Gasteiger charge is -2.14. The standard InChI is InChI=1S/C17H32N4/c1-5-8-9-10-11-12-13-19-17-14(4)16(18-7-3)20-15(6-2)21-17/h5-13H2,1-4H3,(H2,18,19,20,21). The number of unbranched alkanes of at least 4 members (excludes halogenated alkanes) is 5. The normalized spacial score (nSPS) is 10.7. The van der Waals surface area contributed by atoms with Gasteiger partial charge < -0.3 is 10.6 Å². The summed E-state index contributed by atoms with van der Waals surface area (Å²) in [5.74, 6) is 2.86. The van der Waals surface area contributed by atoms with Crippen molar-refractivity contribution in [3.8, 4) is 0 Å². The maximum atomic E-state index is 4.62. The van der Waals surface area contributed by atoms with E-state index < -0.39 is 0 Å². The van der Waals surface area contributed by atoms with Gasteiger partial charge in [-0.1, -0.05) is 46.0 Å². The number of nitrogens with one attached hydrogen (secondary N) is 2. The zero-order chi connectivity index (χ0) is 15.5. The fourth-order valence-corrected chi connectivity index (χ4v) is 2.34. The molecule has 0 spiro atoms. The summed E-state index contributed by atoms with van der Waals surface area (Å²) in [6.07, 6.45) is 8.78. The summed E-state index contributed by atoms with van der Waals surface area (Å²) in [7, 11) is 0. The van der Waals surface area contributed by atoms with E-state index in [0.717, 1.165) is 42.5 Å². The van der Waals surface area contributed by atoms with E-state index in [1.165, 1.54) is 38.5 Å². The molecule has 120 valence electrons. The van der Waals surface area contributed by atoms with Crippen molar-refractivity contribution in [1.29, 1.82) is 0 Å². The lowest BCUT2D eigenvalue weighted by molar-refractivity contribution is 0.616. The van der Waals surface area contributed by atoms with E-state index in [4.69, 9.17) is 0 Å². The summed E-state index contributed by atoms with van der Waals surface area (Å²) in [5.41, 5.74) is 1.13. The minimum Gasteiger partial charge on any atom is -0.370 e. The van der Waals surface area contributed by atoms with Gasteiger partial charge in [0.05, 0.1) is 0 Å². The molecule has 2 N–H and O–H groups in total. The van der Waals surface area contributed by atoms with E-state index in [-0.39, 0.29) is 0 Å². The molecule has 0 aliphatic rings. The van der Waals surface area contributed by atoms with E-state index in [2.05, 4.69) is 48.3 Å². The molecule has 0 unspecified atom stereocenters. The molecule has 4 nitrogen and oxygen atoms in total. The number of anilines is 2. The van der Waals surface area contributed by atoms with Crippen LogP contribution >= 0.6 is 0 Å². The highest BCUT2D eigenvalue weighted by Crippen LogP contribution is 2.20. The van der Waals surface area contributed by atoms with Crippen molar-refractivity contribution >= 4 is 11.6 Å². The number of hydrogen-bond donors (Lipinski definition) is 2. The fourth-order valence-electron chi connectivity index (χ4n) is 2.34. The van der Waals surface area contributed by atoms with Crippen molar-refractivity contribution < 1.29 is 0 Å². The Morgan fingerprint density at radius 3 is 2.05 bits per heavy atom. The van der Waals surface area contributed by atoms with Gasteiger partial charge in [-0.15, -0.1) is 0 Å². The van der Waals surface area contributed by atoms with Gasteiger partial charge in [0.15, 0.2) is 0 Å². The average Bonchev–Trinajstić information content (AvgIpc) is 2.49. The second-order valence-corrected chi connectivity index (χ2v) is 5.54. The van der Waals surface area contributed by atoms with Gasteiger partial charge in [0.25, 0.3) is 0 Å². The Morgan fingerprint density at radius 2 is 1.43 bits per heavy atom. The zero-order valence-corrected chi connectivity index (χ0v) is 14.3. The summed E-state index contributed by atoms with van der Waals surface area (Å²) in [6.45, 7) is 10.4. The Kier molecular flexibility index (Phi) is 8.79. The molecule has 0 aliphatic carbocycles. The van der Waals surface area contributed by atoms with E-state index in [0.29, 0.717) is 0 Å². The van der Waals surface area contributed by atoms with Crippen LogP contribution in [-0.2, 0) is 6.42 Å². The third kappa shape index (κ3) is 6.32. The number of rotatable bonds is 11. The van der Waals surface area contributed by atoms with Crippen LogP contribution in [0.25, 0.3) is 0 Å². The molecular weight excluding hydrogens is 260 g/mol. The lowest BCUT2D eigenvalue weighted by Crippen LogP contribution is -2.11. The van der Waals surface area contributed by atoms with Crippen molar-refractivity contribution in [3.05, 3.63) is 11.4 Å². The molecule has 1 rings (SSSR count). The summed E-state index contributed by atoms with van der Waals surface area (Å²) in [6, 6.07) is 0. The minimum atomic E-state index is 0.865. The molecular formula is C17H32N4. The van der Waals surface area contributed by atoms with Crippen molar-refractivity contribution in [2.75, 3.05) is 23.7 Å². The van der Waals surface area contributed by atoms with Crippen LogP contribution in [0.5, 0.6) is 0 Å². The number of hydrogen-bond acceptors (Lipinski definition) is 4. The first-order valence-corrected chi connectivity index (χ1v) is 8.58. The molecule has 1 aromatic rings. The Balaban J connectivity index is 2.48. The Hall–Kier alpha value is -1.32. The van der Waals surface area contributed by atoms with Crippen LogP contribution in [0.15, 0.2) is 0 Å². The van der Waals surface area contributed by atoms with Crippen LogP contribution in [0.4, 0.5) is 11.6 Å². The first-order valence-electron chi connectivity index (χ1n) is 8.58. The number of aryl methyl sites for hydroxylation is 1. The van der Waals surface area contributed by atoms with Gasteiger partial charge in [0.1, 0.15) is 17.5 Å². The van der Waals surface area contributed by atoms with Crippen LogP contribution in [0.2, 0.25) is 0 Å². The lowest BCUT2D eigenvalue weighted by atomic mass is 10.1. The monoisotopic (exact) mass is 292 g/mol. The van der Waals surface area contributed by atoms with E-state index >= 15 is 0 Å². The molecule has 0 atom stereocenters. The van der Waals surface area contributed by atoms with Gasteiger partial charge in [-0.3, -0.25) is 0 Å². The molecule has 0 fully saturated rings. The molecule has 0 bridgehead atoms. The number of aromatic nitrogens is 2. The Bertz CT molecular complexity index is 404. The first kappa shape index (κ1) is 17.7. The highest BCUT2D eigenvalue weighted by atomic mass is 15.1. The summed E-state index contributed by atoms with van der Waals surface area (Å²) < 4.78 is 0. The first-order chi connectivity index (χ1) is 10.2. The van der Waals surface area contributed by atoms with E-state index in [1.807, 2.05) is 0 Å². The third-order valence-corrected chi connectivity index (χ3v) is 3.68. The van der Waals surface area contributed by atoms with Crippen molar-refractivity contribution in [2.24, 2.45) is 0 Å². The van der Waals surface area contributed by atoms with Crippen molar-refractivity contribution in [1.82, 2.24) is 9.97 Å². The highest BCUT2D eigenvalue weighted by Gasteiger charge is 2.09. The Labute approximate surface area is 130 Å². The largest absolute Gasteiger partial charge is 0.370 e. The van der Waals surface area contributed by atoms with Crippen LogP contribution < -0.4 is 10.6 Å². The molecule has 0 saturated carbocycles. The molecule has 21 heavy (non-hydrogen) atoms. The predicted octanol–water partition coefficient (Wildman–Crippen LogP) is 4.55. The molecule has 0 amide bonds. The fraction of sp³-hybridized carbons (Fsp3) is 0.765. The predicted molar refractivity (Wildman–Crippen MR) is 92.2 cm³/mol. The van der Waals surface area contributed by atoms with Gasteiger partial charge in [-0.25, -0.2) is 9.97 Å². The van der Waals surface area contributed by atoms with Crippen molar-refractivity contribution in [2.45, 2.75) is 72.6 Å². The molecule has 1 heterocycles. The molecule has 1 aromatic heterocycles. The van der Waals surface area contributed by atoms with Crippen LogP contribution in [0.1, 0.15) is 70.7 Å². The minimum absolute atomic E-state index is 0.865. The van der Waals surface area contributed by atoms with Crippen LogP contribution in [0, 0.1) is 6.92 Å². The highest BCUT2D eigenvalue weighted by molar-refractivity contribution is 5.57. The summed E-state index contributed by atoms with van der Waals surface area (Å²) in [4.78, 5) is 9.18. The average molecular weight is 292 g/mol. The van der Waals surface area contributed by atoms with Gasteiger partial charge >= 0.3 is 0 Å². The zero-order valence-electron chi connectivity index (χ0n) is 14.3. The number of nitrogens with zero attached hydrogens (tertiary/aromatic N) is 2. The SMILES string of the molecule is CCCCCCCCNc1nc(CC)nc(NCC)c1C. The Morgan fingerprint density at radius 1 is 0.810 bits per heavy atom. The summed E-state index contributed by atoms with van der Waals surface area (Å²) in [5, 5.41) is 6.81. The van der Waals surface area contributed by atoms with Crippen LogP contribution in [0.3, 0.4) is 0 Å². The smallest absolute Gasteiger partial charge is 0.134 e. The molecule has 0 aromatic carbocycles. The third-order valence-electron chi connectivity index (χ3n) is 3.68. The molecule has 4 heteroatoms. The van der Waals surface area contributed by atoms with Gasteiger partial charge in [0, 0.05) is 25.1 Å². The maximum Gasteiger partial charge on any atom is 0.134 e. The van der Waals surface area contributed by atoms with Crippen molar-refractivity contribution in [3.63, 3.8) is 0 Å². The molecule has 0 aliphatic heterocycles. The van der Waals surface area contributed by atoms with E-state index in [9.17, 15) is 0 Å². The maximum absolute atomic E-state index is 4.62.